The summed E-state index contributed by atoms with van der Waals surface area (Å²) in [6.45, 7) is 8.20. The molecule has 2 N–H and O–H groups in total. The second kappa shape index (κ2) is 6.17. The van der Waals surface area contributed by atoms with Crippen LogP contribution in [-0.4, -0.2) is 54.5 Å². The van der Waals surface area contributed by atoms with E-state index in [2.05, 4.69) is 11.8 Å². The molecule has 4 heteroatoms. The predicted molar refractivity (Wildman–Crippen MR) is 77.2 cm³/mol. The largest absolute Gasteiger partial charge is 0.336 e. The molecule has 1 atom stereocenters. The Balaban J connectivity index is 1.98. The molecular weight excluding hydrogens is 238 g/mol. The summed E-state index contributed by atoms with van der Waals surface area (Å²) in [6.07, 6.45) is 0. The van der Waals surface area contributed by atoms with Crippen LogP contribution in [0.2, 0.25) is 0 Å². The van der Waals surface area contributed by atoms with E-state index < -0.39 is 0 Å². The second-order valence-corrected chi connectivity index (χ2v) is 5.23. The molecular formula is C15H23N3O. The Labute approximate surface area is 115 Å². The van der Waals surface area contributed by atoms with Gasteiger partial charge in [-0.15, -0.1) is 0 Å². The number of hydrogen-bond acceptors (Lipinski definition) is 3. The number of aryl methyl sites for hydroxylation is 1. The van der Waals surface area contributed by atoms with Crippen LogP contribution in [0.5, 0.6) is 0 Å². The van der Waals surface area contributed by atoms with Crippen LogP contribution in [0.4, 0.5) is 0 Å². The number of benzene rings is 1. The van der Waals surface area contributed by atoms with Gasteiger partial charge in [0.1, 0.15) is 0 Å². The number of nitrogens with zero attached hydrogens (tertiary/aromatic N) is 2. The molecule has 0 saturated carbocycles. The Morgan fingerprint density at radius 3 is 2.47 bits per heavy atom. The zero-order chi connectivity index (χ0) is 13.8. The normalized spacial score (nSPS) is 18.4. The van der Waals surface area contributed by atoms with Gasteiger partial charge in [-0.25, -0.2) is 0 Å². The number of hydrogen-bond donors (Lipinski definition) is 1. The third-order valence-electron chi connectivity index (χ3n) is 3.94. The number of rotatable bonds is 3. The SMILES string of the molecule is Cc1ccccc1C(=O)N1CCN(C(C)CN)CC1. The van der Waals surface area contributed by atoms with Crippen molar-refractivity contribution in [1.29, 1.82) is 0 Å². The van der Waals surface area contributed by atoms with Crippen molar-refractivity contribution in [2.24, 2.45) is 5.73 Å². The lowest BCUT2D eigenvalue weighted by Crippen LogP contribution is -2.52. The quantitative estimate of drug-likeness (QED) is 0.886. The van der Waals surface area contributed by atoms with Crippen LogP contribution in [-0.2, 0) is 0 Å². The number of piperazine rings is 1. The van der Waals surface area contributed by atoms with Crippen LogP contribution >= 0.6 is 0 Å². The van der Waals surface area contributed by atoms with Gasteiger partial charge in [0.2, 0.25) is 0 Å². The van der Waals surface area contributed by atoms with Crippen molar-refractivity contribution in [3.8, 4) is 0 Å². The van der Waals surface area contributed by atoms with E-state index in [9.17, 15) is 4.79 Å². The van der Waals surface area contributed by atoms with Crippen molar-refractivity contribution in [3.63, 3.8) is 0 Å². The minimum absolute atomic E-state index is 0.151. The first-order valence-electron chi connectivity index (χ1n) is 6.92. The number of carbonyl (C=O) groups excluding carboxylic acids is 1. The Bertz CT molecular complexity index is 439. The highest BCUT2D eigenvalue weighted by Gasteiger charge is 2.24. The van der Waals surface area contributed by atoms with Crippen LogP contribution in [0.3, 0.4) is 0 Å². The third-order valence-corrected chi connectivity index (χ3v) is 3.94. The van der Waals surface area contributed by atoms with Gasteiger partial charge in [0, 0.05) is 44.3 Å². The van der Waals surface area contributed by atoms with E-state index >= 15 is 0 Å². The van der Waals surface area contributed by atoms with Crippen molar-refractivity contribution in [2.45, 2.75) is 19.9 Å². The molecule has 1 fully saturated rings. The topological polar surface area (TPSA) is 49.6 Å². The molecule has 2 rings (SSSR count). The summed E-state index contributed by atoms with van der Waals surface area (Å²) in [6, 6.07) is 8.18. The van der Waals surface area contributed by atoms with Crippen molar-refractivity contribution in [1.82, 2.24) is 9.80 Å². The fourth-order valence-corrected chi connectivity index (χ4v) is 2.50. The van der Waals surface area contributed by atoms with Crippen molar-refractivity contribution >= 4 is 5.91 Å². The molecule has 1 saturated heterocycles. The molecule has 0 radical (unpaired) electrons. The Hall–Kier alpha value is -1.39. The maximum Gasteiger partial charge on any atom is 0.254 e. The average Bonchev–Trinajstić information content (AvgIpc) is 2.46. The summed E-state index contributed by atoms with van der Waals surface area (Å²) in [7, 11) is 0. The lowest BCUT2D eigenvalue weighted by Gasteiger charge is -2.37. The minimum Gasteiger partial charge on any atom is -0.336 e. The molecule has 1 heterocycles. The van der Waals surface area contributed by atoms with Crippen molar-refractivity contribution in [2.75, 3.05) is 32.7 Å². The van der Waals surface area contributed by atoms with Gasteiger partial charge in [0.05, 0.1) is 0 Å². The van der Waals surface area contributed by atoms with Gasteiger partial charge in [-0.1, -0.05) is 18.2 Å². The van der Waals surface area contributed by atoms with E-state index in [1.807, 2.05) is 36.1 Å². The fourth-order valence-electron chi connectivity index (χ4n) is 2.50. The van der Waals surface area contributed by atoms with Gasteiger partial charge < -0.3 is 10.6 Å². The van der Waals surface area contributed by atoms with Gasteiger partial charge in [-0.3, -0.25) is 9.69 Å². The highest BCUT2D eigenvalue weighted by atomic mass is 16.2. The summed E-state index contributed by atoms with van der Waals surface area (Å²) in [4.78, 5) is 16.7. The average molecular weight is 261 g/mol. The molecule has 1 amide bonds. The van der Waals surface area contributed by atoms with Crippen LogP contribution in [0.25, 0.3) is 0 Å². The van der Waals surface area contributed by atoms with Crippen LogP contribution < -0.4 is 5.73 Å². The number of carbonyl (C=O) groups is 1. The predicted octanol–water partition coefficient (Wildman–Crippen LogP) is 1.10. The van der Waals surface area contributed by atoms with Crippen molar-refractivity contribution < 1.29 is 4.79 Å². The van der Waals surface area contributed by atoms with Gasteiger partial charge in [-0.05, 0) is 25.5 Å². The van der Waals surface area contributed by atoms with Crippen LogP contribution in [0, 0.1) is 6.92 Å². The molecule has 19 heavy (non-hydrogen) atoms. The van der Waals surface area contributed by atoms with E-state index in [1.54, 1.807) is 0 Å². The first kappa shape index (κ1) is 14.0. The van der Waals surface area contributed by atoms with E-state index in [0.717, 1.165) is 37.3 Å². The summed E-state index contributed by atoms with van der Waals surface area (Å²) in [5.74, 6) is 0.151. The molecule has 104 valence electrons. The fraction of sp³-hybridized carbons (Fsp3) is 0.533. The lowest BCUT2D eigenvalue weighted by atomic mass is 10.1. The molecule has 1 unspecified atom stereocenters. The standard InChI is InChI=1S/C15H23N3O/c1-12-5-3-4-6-14(12)15(19)18-9-7-17(8-10-18)13(2)11-16/h3-6,13H,7-11,16H2,1-2H3. The smallest absolute Gasteiger partial charge is 0.254 e. The maximum atomic E-state index is 12.4. The zero-order valence-electron chi connectivity index (χ0n) is 11.8. The summed E-state index contributed by atoms with van der Waals surface area (Å²) in [5.41, 5.74) is 7.55. The van der Waals surface area contributed by atoms with E-state index in [4.69, 9.17) is 5.73 Å². The molecule has 0 aliphatic carbocycles. The number of amides is 1. The summed E-state index contributed by atoms with van der Waals surface area (Å²) >= 11 is 0. The molecule has 4 nitrogen and oxygen atoms in total. The third kappa shape index (κ3) is 3.14. The zero-order valence-corrected chi connectivity index (χ0v) is 11.8. The lowest BCUT2D eigenvalue weighted by molar-refractivity contribution is 0.0588. The Morgan fingerprint density at radius 2 is 1.89 bits per heavy atom. The summed E-state index contributed by atoms with van der Waals surface area (Å²) in [5, 5.41) is 0. The molecule has 0 bridgehead atoms. The van der Waals surface area contributed by atoms with Gasteiger partial charge >= 0.3 is 0 Å². The van der Waals surface area contributed by atoms with E-state index in [-0.39, 0.29) is 5.91 Å². The molecule has 1 aromatic carbocycles. The van der Waals surface area contributed by atoms with Gasteiger partial charge in [0.15, 0.2) is 0 Å². The van der Waals surface area contributed by atoms with Crippen LogP contribution in [0.1, 0.15) is 22.8 Å². The summed E-state index contributed by atoms with van der Waals surface area (Å²) < 4.78 is 0. The molecule has 1 aliphatic heterocycles. The molecule has 0 aromatic heterocycles. The first-order chi connectivity index (χ1) is 9.13. The van der Waals surface area contributed by atoms with Gasteiger partial charge in [-0.2, -0.15) is 0 Å². The van der Waals surface area contributed by atoms with Crippen molar-refractivity contribution in [3.05, 3.63) is 35.4 Å². The Kier molecular flexibility index (Phi) is 4.56. The first-order valence-corrected chi connectivity index (χ1v) is 6.92. The highest BCUT2D eigenvalue weighted by molar-refractivity contribution is 5.95. The van der Waals surface area contributed by atoms with E-state index in [1.165, 1.54) is 0 Å². The van der Waals surface area contributed by atoms with Crippen LogP contribution in [0.15, 0.2) is 24.3 Å². The second-order valence-electron chi connectivity index (χ2n) is 5.23. The molecule has 1 aromatic rings. The highest BCUT2D eigenvalue weighted by Crippen LogP contribution is 2.13. The molecule has 0 spiro atoms. The number of nitrogens with two attached hydrogens (primary N) is 1. The molecule has 1 aliphatic rings. The Morgan fingerprint density at radius 1 is 1.26 bits per heavy atom. The van der Waals surface area contributed by atoms with Gasteiger partial charge in [0.25, 0.3) is 5.91 Å². The maximum absolute atomic E-state index is 12.4. The monoisotopic (exact) mass is 261 g/mol. The van der Waals surface area contributed by atoms with E-state index in [0.29, 0.717) is 12.6 Å². The minimum atomic E-state index is 0.151.